The molecule has 7 aromatic rings. The molecule has 20 N–H and O–H groups in total. The Balaban J connectivity index is 0.00000109. The molecule has 0 unspecified atom stereocenters. The number of hydrogen-bond acceptors (Lipinski definition) is 31. The minimum absolute atomic E-state index is 0.00338. The van der Waals surface area contributed by atoms with Gasteiger partial charge in [0.25, 0.3) is 29.5 Å². The van der Waals surface area contributed by atoms with E-state index in [2.05, 4.69) is 136 Å². The lowest BCUT2D eigenvalue weighted by Gasteiger charge is -2.09. The lowest BCUT2D eigenvalue weighted by molar-refractivity contribution is -0.191. The molecule has 0 aromatic carbocycles. The number of nitrogens with two attached hydrogens (primary N) is 6. The molecule has 0 radical (unpaired) electrons. The summed E-state index contributed by atoms with van der Waals surface area (Å²) < 4.78 is 10.6. The molecule has 492 valence electrons. The first kappa shape index (κ1) is 80.4. The van der Waals surface area contributed by atoms with Crippen molar-refractivity contribution in [3.63, 3.8) is 0 Å². The van der Waals surface area contributed by atoms with E-state index < -0.39 is 41.7 Å². The van der Waals surface area contributed by atoms with Crippen LogP contribution in [0, 0.1) is 4.64 Å². The zero-order chi connectivity index (χ0) is 69.1. The van der Waals surface area contributed by atoms with Crippen molar-refractivity contribution in [3.05, 3.63) is 119 Å². The number of anilines is 3. The summed E-state index contributed by atoms with van der Waals surface area (Å²) in [5.74, 6) is 1.27. The van der Waals surface area contributed by atoms with E-state index in [9.17, 15) is 33.6 Å². The zero-order valence-electron chi connectivity index (χ0n) is 48.5. The Morgan fingerprint density at radius 3 is 1.43 bits per heavy atom. The van der Waals surface area contributed by atoms with Crippen molar-refractivity contribution < 1.29 is 57.4 Å². The Morgan fingerprint density at radius 1 is 0.685 bits per heavy atom. The molecule has 7 aromatic heterocycles. The maximum absolute atomic E-state index is 11.8. The van der Waals surface area contributed by atoms with Gasteiger partial charge < -0.3 is 79.3 Å². The van der Waals surface area contributed by atoms with Gasteiger partial charge in [-0.25, -0.2) is 50.3 Å². The van der Waals surface area contributed by atoms with Crippen LogP contribution >= 0.6 is 58.2 Å². The number of nitrogen functional groups attached to an aromatic ring is 1. The molecule has 0 bridgehead atoms. The molecule has 0 atom stereocenters. The summed E-state index contributed by atoms with van der Waals surface area (Å²) in [5.41, 5.74) is 42.8. The van der Waals surface area contributed by atoms with Crippen molar-refractivity contribution in [1.29, 1.82) is 0 Å². The Bertz CT molecular complexity index is 3480. The zero-order valence-corrected chi connectivity index (χ0v) is 52.7. The number of aromatic nitrogens is 12. The number of thiol groups is 1. The van der Waals surface area contributed by atoms with Crippen molar-refractivity contribution >= 4 is 142 Å². The predicted molar refractivity (Wildman–Crippen MR) is 337 cm³/mol. The summed E-state index contributed by atoms with van der Waals surface area (Å²) in [4.78, 5) is 134. The molecule has 1 saturated heterocycles. The third-order valence-corrected chi connectivity index (χ3v) is 11.5. The standard InChI is InChI=1S/C13H15N7O3S2.C8H12N6O3S.2C5H8N6O.C5H5NS.C4H6N4O.C2H4S.CH2N2.CO2/c1-20(19-18-12-10(11(14)21)16-8-17-12)13(22)23-6-7-24-25-9-4-2-3-5-15-9;1-14(8(16)17-2-3-18)13-12-7-5(6(9)15)10-4-11-7;2*1-7-11-10-5-3(4(6)12)8-2-9-5;7-5-3-1-2-4-6-5;5-3-2(4(6)9)7-1-8-3;1-2-3-1;1-3-2;2-1-3/h2-5,8H,6-7H2,1H3,(H2,14,21)(H,16,17);4,18H,2-3H2,1H3,(H2,9,15)(H,10,11);2*2H,1H3,(H2,6,12)(H,7,10)(H,8,9);1-4H,(H,6,7);1H,5H2,(H2,6,9)(H,7,8);1-2H2;1H2;. The van der Waals surface area contributed by atoms with Crippen LogP contribution in [0.3, 0.4) is 0 Å². The molecule has 8 heterocycles. The minimum atomic E-state index is -0.723. The molecule has 0 aliphatic carbocycles. The fraction of sp³-hybridized carbons (Fsp3) is 0.227. The van der Waals surface area contributed by atoms with Crippen LogP contribution in [0.4, 0.5) is 38.7 Å². The number of aromatic amines is 6. The fourth-order valence-corrected chi connectivity index (χ4v) is 6.51. The number of carbonyl (C=O) groups excluding carboxylic acids is 9. The molecule has 92 heavy (non-hydrogen) atoms. The Labute approximate surface area is 541 Å². The van der Waals surface area contributed by atoms with Gasteiger partial charge in [-0.05, 0) is 35.1 Å². The Kier molecular flexibility index (Phi) is 43.2. The van der Waals surface area contributed by atoms with Crippen molar-refractivity contribution in [2.75, 3.05) is 81.0 Å². The number of H-pyrrole nitrogens is 6. The predicted octanol–water partition coefficient (Wildman–Crippen LogP) is 3.65. The number of primary amides is 5. The first-order chi connectivity index (χ1) is 44.1. The highest BCUT2D eigenvalue weighted by Crippen LogP contribution is 2.28. The average molecular weight is 1370 g/mol. The molecule has 1 aliphatic rings. The second kappa shape index (κ2) is 49.4. The monoisotopic (exact) mass is 1370 g/mol. The number of thioether (sulfide) groups is 1. The van der Waals surface area contributed by atoms with Gasteiger partial charge in [0.05, 0.1) is 45.7 Å². The summed E-state index contributed by atoms with van der Waals surface area (Å²) in [7, 11) is 8.71. The highest BCUT2D eigenvalue weighted by Gasteiger charge is 2.15. The number of amides is 7. The van der Waals surface area contributed by atoms with Crippen LogP contribution in [-0.2, 0) is 19.1 Å². The second-order valence-electron chi connectivity index (χ2n) is 14.8. The smallest absolute Gasteiger partial charge is 0.431 e. The van der Waals surface area contributed by atoms with E-state index in [1.807, 2.05) is 54.4 Å². The molecular formula is C44H60N32O11S5. The van der Waals surface area contributed by atoms with Crippen molar-refractivity contribution in [2.45, 2.75) is 5.03 Å². The van der Waals surface area contributed by atoms with Gasteiger partial charge in [0, 0.05) is 49.5 Å². The topological polar surface area (TPSA) is 666 Å². The maximum Gasteiger partial charge on any atom is 0.431 e. The highest BCUT2D eigenvalue weighted by atomic mass is 33.1. The normalized spacial score (nSPS) is 10.2. The first-order valence-corrected chi connectivity index (χ1v) is 28.9. The van der Waals surface area contributed by atoms with Crippen LogP contribution in [0.2, 0.25) is 0 Å². The largest absolute Gasteiger partial charge is 0.447 e. The van der Waals surface area contributed by atoms with Gasteiger partial charge >= 0.3 is 18.3 Å². The Morgan fingerprint density at radius 2 is 1.10 bits per heavy atom. The third-order valence-electron chi connectivity index (χ3n) is 8.38. The maximum atomic E-state index is 11.8. The molecule has 1 aliphatic heterocycles. The third kappa shape index (κ3) is 36.5. The van der Waals surface area contributed by atoms with Crippen LogP contribution in [0.25, 0.3) is 5.53 Å². The van der Waals surface area contributed by atoms with E-state index in [4.69, 9.17) is 71.2 Å². The number of imidazole rings is 5. The van der Waals surface area contributed by atoms with E-state index in [0.29, 0.717) is 11.5 Å². The quantitative estimate of drug-likeness (QED) is 0.00596. The van der Waals surface area contributed by atoms with Crippen LogP contribution < -0.4 is 45.3 Å². The van der Waals surface area contributed by atoms with E-state index in [1.165, 1.54) is 92.9 Å². The molecule has 8 rings (SSSR count). The summed E-state index contributed by atoms with van der Waals surface area (Å²) in [6.45, 7) is 3.04. The minimum Gasteiger partial charge on any atom is -0.447 e. The second-order valence-corrected chi connectivity index (χ2v) is 19.3. The highest BCUT2D eigenvalue weighted by molar-refractivity contribution is 8.76. The summed E-state index contributed by atoms with van der Waals surface area (Å²) in [5, 5.41) is 30.8. The molecule has 7 amide bonds. The SMILES string of the molecule is C1CS1.C=[N+]=[N-].CN(N=Nc1nc[nH]c1C(N)=O)C(=O)OCCS.CN(N=Nc1nc[nH]c1C(N)=O)C(=O)OCCSSc1ccccn1.CN=NNc1nc[nH]c1C(N)=O.CN=NNc1nc[nH]c1C(N)=O.NC(=O)c1[nH]cnc1N.O=C=O.S=c1cccc[nH]1. The van der Waals surface area contributed by atoms with Crippen LogP contribution in [0.5, 0.6) is 0 Å². The van der Waals surface area contributed by atoms with Crippen molar-refractivity contribution in [3.8, 4) is 0 Å². The van der Waals surface area contributed by atoms with Crippen LogP contribution in [0.1, 0.15) is 52.4 Å². The van der Waals surface area contributed by atoms with E-state index in [1.54, 1.807) is 6.20 Å². The van der Waals surface area contributed by atoms with Gasteiger partial charge in [-0.2, -0.15) is 59.0 Å². The summed E-state index contributed by atoms with van der Waals surface area (Å²) in [6.07, 6.45) is 8.90. The number of nitrogens with one attached hydrogen (secondary N) is 8. The van der Waals surface area contributed by atoms with Crippen molar-refractivity contribution in [2.24, 2.45) is 70.0 Å². The number of nitrogens with zero attached hydrogens (tertiary/aromatic N) is 18. The van der Waals surface area contributed by atoms with Gasteiger partial charge in [-0.3, -0.25) is 24.0 Å². The number of pyridine rings is 2. The Hall–Kier alpha value is -11.6. The van der Waals surface area contributed by atoms with E-state index >= 15 is 0 Å². The molecule has 1 fully saturated rings. The van der Waals surface area contributed by atoms with Gasteiger partial charge in [-0.15, -0.1) is 10.2 Å². The molecular weight excluding hydrogens is 1310 g/mol. The lowest BCUT2D eigenvalue weighted by Crippen LogP contribution is -2.22. The average Bonchev–Trinajstić information content (AvgIpc) is 2.42. The number of ether oxygens (including phenoxy) is 2. The number of rotatable bonds is 20. The summed E-state index contributed by atoms with van der Waals surface area (Å²) in [6, 6.07) is 11.3. The number of carbonyl (C=O) groups is 7. The first-order valence-electron chi connectivity index (χ1n) is 24.4. The van der Waals surface area contributed by atoms with Crippen LogP contribution in [-0.4, -0.2) is 194 Å². The molecule has 43 nitrogen and oxygen atoms in total. The van der Waals surface area contributed by atoms with E-state index in [0.717, 1.165) is 19.7 Å². The molecule has 0 spiro atoms. The van der Waals surface area contributed by atoms with Gasteiger partial charge in [-0.1, -0.05) is 56.0 Å². The summed E-state index contributed by atoms with van der Waals surface area (Å²) >= 11 is 10.6. The van der Waals surface area contributed by atoms with Gasteiger partial charge in [0.1, 0.15) is 40.0 Å². The van der Waals surface area contributed by atoms with Crippen LogP contribution in [0.15, 0.2) is 127 Å². The molecule has 48 heteroatoms. The molecule has 0 saturated carbocycles. The van der Waals surface area contributed by atoms with E-state index in [-0.39, 0.29) is 76.9 Å². The van der Waals surface area contributed by atoms with Gasteiger partial charge in [0.15, 0.2) is 28.8 Å². The van der Waals surface area contributed by atoms with Crippen molar-refractivity contribution in [1.82, 2.24) is 69.8 Å². The lowest BCUT2D eigenvalue weighted by atomic mass is 10.4. The fourth-order valence-electron chi connectivity index (χ4n) is 4.57. The number of hydrogen-bond donors (Lipinski definition) is 15. The van der Waals surface area contributed by atoms with Gasteiger partial charge in [0.2, 0.25) is 18.4 Å².